The van der Waals surface area contributed by atoms with Crippen LogP contribution in [-0.2, 0) is 38.1 Å². The van der Waals surface area contributed by atoms with Crippen molar-refractivity contribution in [2.24, 2.45) is 50.2 Å². The number of carboxylic acid groups (broad SMARTS) is 3. The highest BCUT2D eigenvalue weighted by molar-refractivity contribution is 5.95. The van der Waals surface area contributed by atoms with Gasteiger partial charge in [-0.05, 0) is 110 Å². The molecule has 2 saturated heterocycles. The van der Waals surface area contributed by atoms with E-state index in [1.807, 2.05) is 26.8 Å². The molecule has 6 fully saturated rings. The smallest absolute Gasteiger partial charge is 0.335 e. The number of allylic oxidation sites excluding steroid dienone is 2. The average molecular weight is 823 g/mol. The Kier molecular flexibility index (Phi) is 10.7. The molecule has 9 unspecified atom stereocenters. The highest BCUT2D eigenvalue weighted by Crippen LogP contribution is 2.75. The second-order valence-electron chi connectivity index (χ2n) is 20.6. The lowest BCUT2D eigenvalue weighted by Crippen LogP contribution is -2.68. The van der Waals surface area contributed by atoms with Crippen molar-refractivity contribution in [2.45, 2.75) is 174 Å². The van der Waals surface area contributed by atoms with Crippen molar-refractivity contribution >= 4 is 23.7 Å². The second kappa shape index (κ2) is 14.3. The highest BCUT2D eigenvalue weighted by Gasteiger charge is 2.71. The zero-order valence-corrected chi connectivity index (χ0v) is 34.4. The Labute approximate surface area is 337 Å². The molecule has 0 aromatic carbocycles. The zero-order valence-electron chi connectivity index (χ0n) is 34.4. The first-order valence-electron chi connectivity index (χ1n) is 20.7. The van der Waals surface area contributed by atoms with E-state index in [1.165, 1.54) is 0 Å². The van der Waals surface area contributed by atoms with Crippen molar-refractivity contribution in [2.75, 3.05) is 0 Å². The Hall–Kier alpha value is -2.54. The minimum atomic E-state index is -2.05. The second-order valence-corrected chi connectivity index (χ2v) is 20.6. The summed E-state index contributed by atoms with van der Waals surface area (Å²) in [6.07, 6.45) is -12.2. The Morgan fingerprint density at radius 1 is 0.690 bits per heavy atom. The van der Waals surface area contributed by atoms with Gasteiger partial charge in [-0.3, -0.25) is 9.59 Å². The van der Waals surface area contributed by atoms with Crippen molar-refractivity contribution < 1.29 is 79.0 Å². The van der Waals surface area contributed by atoms with E-state index in [0.717, 1.165) is 37.7 Å². The van der Waals surface area contributed by atoms with Gasteiger partial charge in [0.05, 0.1) is 11.5 Å². The van der Waals surface area contributed by atoms with Gasteiger partial charge in [0.1, 0.15) is 36.6 Å². The molecule has 19 atom stereocenters. The first-order chi connectivity index (χ1) is 26.8. The third-order valence-electron chi connectivity index (χ3n) is 17.2. The van der Waals surface area contributed by atoms with Gasteiger partial charge in [-0.1, -0.05) is 47.1 Å². The third kappa shape index (κ3) is 6.25. The Balaban J connectivity index is 1.17. The van der Waals surface area contributed by atoms with Crippen LogP contribution in [-0.4, -0.2) is 132 Å². The number of carbonyl (C=O) groups is 4. The van der Waals surface area contributed by atoms with Crippen LogP contribution in [0.4, 0.5) is 0 Å². The van der Waals surface area contributed by atoms with Gasteiger partial charge in [0.2, 0.25) is 0 Å². The van der Waals surface area contributed by atoms with Gasteiger partial charge in [-0.2, -0.15) is 0 Å². The molecular weight excluding hydrogens is 760 g/mol. The molecule has 5 aliphatic carbocycles. The van der Waals surface area contributed by atoms with Gasteiger partial charge in [-0.25, -0.2) is 9.59 Å². The summed E-state index contributed by atoms with van der Waals surface area (Å²) in [5, 5.41) is 83.0. The van der Waals surface area contributed by atoms with E-state index in [2.05, 4.69) is 27.7 Å². The molecule has 2 aliphatic heterocycles. The minimum absolute atomic E-state index is 0.0217. The first-order valence-corrected chi connectivity index (χ1v) is 20.7. The molecule has 0 aromatic heterocycles. The fourth-order valence-corrected chi connectivity index (χ4v) is 13.4. The predicted molar refractivity (Wildman–Crippen MR) is 199 cm³/mol. The number of hydrogen-bond donors (Lipinski definition) is 8. The van der Waals surface area contributed by atoms with Crippen molar-refractivity contribution in [3.8, 4) is 0 Å². The van der Waals surface area contributed by atoms with Gasteiger partial charge in [0.25, 0.3) is 0 Å². The molecule has 7 aliphatic rings. The van der Waals surface area contributed by atoms with E-state index in [0.29, 0.717) is 25.7 Å². The maximum atomic E-state index is 14.8. The summed E-state index contributed by atoms with van der Waals surface area (Å²) in [5.74, 6) is -4.47. The Morgan fingerprint density at radius 2 is 1.28 bits per heavy atom. The molecule has 0 radical (unpaired) electrons. The van der Waals surface area contributed by atoms with Crippen molar-refractivity contribution in [3.05, 3.63) is 11.6 Å². The molecule has 0 spiro atoms. The lowest BCUT2D eigenvalue weighted by molar-refractivity contribution is -0.371. The number of aliphatic carboxylic acids is 3. The number of rotatable bonds is 7. The maximum Gasteiger partial charge on any atom is 0.335 e. The number of hydrogen-bond acceptors (Lipinski definition) is 13. The molecular formula is C42H62O16. The minimum Gasteiger partial charge on any atom is -0.481 e. The van der Waals surface area contributed by atoms with Crippen LogP contribution in [0.25, 0.3) is 0 Å². The molecule has 58 heavy (non-hydrogen) atoms. The van der Waals surface area contributed by atoms with Crippen LogP contribution in [0.1, 0.15) is 106 Å². The predicted octanol–water partition coefficient (Wildman–Crippen LogP) is 2.25. The van der Waals surface area contributed by atoms with Crippen LogP contribution >= 0.6 is 0 Å². The largest absolute Gasteiger partial charge is 0.481 e. The lowest BCUT2D eigenvalue weighted by atomic mass is 9.33. The first kappa shape index (κ1) is 43.5. The fourth-order valence-electron chi connectivity index (χ4n) is 13.4. The summed E-state index contributed by atoms with van der Waals surface area (Å²) in [5.41, 5.74) is -1.81. The van der Waals surface area contributed by atoms with Crippen LogP contribution in [0.3, 0.4) is 0 Å². The molecule has 0 amide bonds. The van der Waals surface area contributed by atoms with Crippen LogP contribution in [0.2, 0.25) is 0 Å². The quantitative estimate of drug-likeness (QED) is 0.171. The number of aliphatic hydroxyl groups excluding tert-OH is 5. The van der Waals surface area contributed by atoms with Crippen LogP contribution in [0.15, 0.2) is 11.6 Å². The van der Waals surface area contributed by atoms with E-state index in [4.69, 9.17) is 18.9 Å². The van der Waals surface area contributed by atoms with Gasteiger partial charge in [-0.15, -0.1) is 0 Å². The summed E-state index contributed by atoms with van der Waals surface area (Å²) in [6.45, 7) is 14.8. The summed E-state index contributed by atoms with van der Waals surface area (Å²) in [6, 6.07) is 0. The lowest BCUT2D eigenvalue weighted by Gasteiger charge is -2.70. The van der Waals surface area contributed by atoms with E-state index >= 15 is 0 Å². The number of aliphatic hydroxyl groups is 5. The topological polar surface area (TPSA) is 267 Å². The van der Waals surface area contributed by atoms with Crippen LogP contribution in [0, 0.1) is 50.2 Å². The van der Waals surface area contributed by atoms with Crippen LogP contribution < -0.4 is 0 Å². The number of ether oxygens (including phenoxy) is 4. The molecule has 0 bridgehead atoms. The Bertz CT molecular complexity index is 1730. The molecule has 326 valence electrons. The number of carboxylic acids is 3. The molecule has 7 rings (SSSR count). The van der Waals surface area contributed by atoms with E-state index in [9.17, 15) is 60.0 Å². The molecule has 2 heterocycles. The normalized spacial score (nSPS) is 52.6. The average Bonchev–Trinajstić information content (AvgIpc) is 3.13. The molecule has 16 nitrogen and oxygen atoms in total. The molecule has 16 heteroatoms. The molecule has 8 N–H and O–H groups in total. The van der Waals surface area contributed by atoms with Gasteiger partial charge in [0, 0.05) is 5.92 Å². The number of ketones is 1. The van der Waals surface area contributed by atoms with Gasteiger partial charge in [0.15, 0.2) is 30.6 Å². The van der Waals surface area contributed by atoms with E-state index < -0.39 is 107 Å². The summed E-state index contributed by atoms with van der Waals surface area (Å²) < 4.78 is 23.4. The van der Waals surface area contributed by atoms with Crippen molar-refractivity contribution in [1.82, 2.24) is 0 Å². The summed E-state index contributed by atoms with van der Waals surface area (Å²) >= 11 is 0. The molecule has 0 aromatic rings. The van der Waals surface area contributed by atoms with Crippen LogP contribution in [0.5, 0.6) is 0 Å². The number of fused-ring (bicyclic) bond motifs is 7. The number of carbonyl (C=O) groups excluding carboxylic acids is 1. The summed E-state index contributed by atoms with van der Waals surface area (Å²) in [7, 11) is 0. The highest BCUT2D eigenvalue weighted by atomic mass is 16.8. The maximum absolute atomic E-state index is 14.8. The van der Waals surface area contributed by atoms with Gasteiger partial charge < -0.3 is 59.8 Å². The SMILES string of the molecule is CC12CCC3(C)C(=CC(=O)[C@@H]4C5(C)CC[C@H](O[C@H]6O[C@H](C(=O)O)C(O)C(O)[C@H]6O[C@@H]6O[C@H](C(=O)O)C(O)C(O)C6O)C(C)(C)[C@@H]5CCC43C)[C@@H]1C[C@@](C)(C(=O)O)CC2. The zero-order chi connectivity index (χ0) is 42.9. The summed E-state index contributed by atoms with van der Waals surface area (Å²) in [4.78, 5) is 51.3. The Morgan fingerprint density at radius 3 is 1.88 bits per heavy atom. The van der Waals surface area contributed by atoms with E-state index in [-0.39, 0.29) is 34.4 Å². The van der Waals surface area contributed by atoms with E-state index in [1.54, 1.807) is 0 Å². The molecule has 4 saturated carbocycles. The van der Waals surface area contributed by atoms with Crippen molar-refractivity contribution in [1.29, 1.82) is 0 Å². The van der Waals surface area contributed by atoms with Crippen molar-refractivity contribution in [3.63, 3.8) is 0 Å². The monoisotopic (exact) mass is 822 g/mol. The fraction of sp³-hybridized carbons (Fsp3) is 0.857. The van der Waals surface area contributed by atoms with Gasteiger partial charge >= 0.3 is 17.9 Å². The standard InChI is InChI=1S/C42H62O16/c1-37(2)21-8-11-42(7)31(20(43)16-18-19-17-39(4,36(53)54)13-12-38(19,3)14-15-41(18,42)6)40(21,5)10-9-22(37)55-35-30(26(47)25(46)29(57-35)33(51)52)58-34-27(48)23(44)24(45)28(56-34)32(49)50/h16,19,21-31,34-35,44-48H,8-15,17H2,1-7H3,(H,49,50)(H,51,52)(H,53,54)/t19-,21-,22-,23?,24?,25?,26?,27?,28-,29-,30+,31+,34-,35-,38?,39-,40?,41?,42?/m0/s1. The third-order valence-corrected chi connectivity index (χ3v) is 17.2.